The maximum Gasteiger partial charge on any atom is 0.315 e. The summed E-state index contributed by atoms with van der Waals surface area (Å²) >= 11 is 0. The molecule has 1 aliphatic carbocycles. The molecule has 5 N–H and O–H groups in total. The van der Waals surface area contributed by atoms with Crippen LogP contribution in [0.3, 0.4) is 0 Å². The van der Waals surface area contributed by atoms with E-state index in [1.54, 1.807) is 16.9 Å². The molecular weight excluding hydrogens is 442 g/mol. The third kappa shape index (κ3) is 3.19. The van der Waals surface area contributed by atoms with Crippen molar-refractivity contribution >= 4 is 17.5 Å². The van der Waals surface area contributed by atoms with Crippen LogP contribution < -0.4 is 11.5 Å². The predicted molar refractivity (Wildman–Crippen MR) is 130 cm³/mol. The fraction of sp³-hybridized carbons (Fsp3) is 0.400. The Labute approximate surface area is 201 Å². The van der Waals surface area contributed by atoms with Gasteiger partial charge in [-0.15, -0.1) is 0 Å². The molecule has 0 radical (unpaired) electrons. The number of rotatable bonds is 4. The van der Waals surface area contributed by atoms with Gasteiger partial charge in [0.05, 0.1) is 11.9 Å². The van der Waals surface area contributed by atoms with Crippen molar-refractivity contribution in [1.29, 1.82) is 0 Å². The number of aromatic amines is 1. The highest BCUT2D eigenvalue weighted by atomic mass is 16.2. The zero-order valence-corrected chi connectivity index (χ0v) is 19.3. The van der Waals surface area contributed by atoms with Gasteiger partial charge in [0, 0.05) is 53.3 Å². The number of fused-ring (bicyclic) bond motifs is 3. The zero-order chi connectivity index (χ0) is 23.7. The van der Waals surface area contributed by atoms with Crippen LogP contribution in [0.15, 0.2) is 36.9 Å². The minimum absolute atomic E-state index is 0.185. The number of hydrogen-bond donors (Lipinski definition) is 3. The molecule has 3 aliphatic rings. The van der Waals surface area contributed by atoms with Crippen LogP contribution in [-0.2, 0) is 0 Å². The number of carbonyl (C=O) groups excluding carboxylic acids is 1. The molecule has 3 fully saturated rings. The van der Waals surface area contributed by atoms with E-state index in [-0.39, 0.29) is 24.0 Å². The molecule has 10 nitrogen and oxygen atoms in total. The summed E-state index contributed by atoms with van der Waals surface area (Å²) in [6.45, 7) is 0. The Morgan fingerprint density at radius 2 is 1.83 bits per heavy atom. The molecule has 6 heterocycles. The van der Waals surface area contributed by atoms with E-state index in [2.05, 4.69) is 20.1 Å². The molecule has 2 bridgehead atoms. The summed E-state index contributed by atoms with van der Waals surface area (Å²) in [7, 11) is 0. The van der Waals surface area contributed by atoms with Gasteiger partial charge in [-0.1, -0.05) is 6.07 Å². The summed E-state index contributed by atoms with van der Waals surface area (Å²) in [5.41, 5.74) is 18.0. The molecule has 0 spiro atoms. The average Bonchev–Trinajstić information content (AvgIpc) is 3.25. The van der Waals surface area contributed by atoms with Crippen LogP contribution in [0.4, 0.5) is 10.6 Å². The topological polar surface area (TPSA) is 144 Å². The van der Waals surface area contributed by atoms with Gasteiger partial charge in [-0.25, -0.2) is 14.8 Å². The van der Waals surface area contributed by atoms with Gasteiger partial charge in [0.25, 0.3) is 0 Å². The van der Waals surface area contributed by atoms with E-state index in [9.17, 15) is 4.79 Å². The van der Waals surface area contributed by atoms with Gasteiger partial charge in [0.15, 0.2) is 11.5 Å². The van der Waals surface area contributed by atoms with Crippen molar-refractivity contribution < 1.29 is 4.79 Å². The molecule has 0 aromatic carbocycles. The van der Waals surface area contributed by atoms with Crippen molar-refractivity contribution in [3.05, 3.63) is 48.2 Å². The lowest BCUT2D eigenvalue weighted by molar-refractivity contribution is 0.145. The lowest BCUT2D eigenvalue weighted by Crippen LogP contribution is -2.48. The summed E-state index contributed by atoms with van der Waals surface area (Å²) in [5.74, 6) is 2.11. The molecule has 4 aromatic rings. The molecule has 178 valence electrons. The summed E-state index contributed by atoms with van der Waals surface area (Å²) < 4.78 is 1.78. The number of aromatic nitrogens is 6. The van der Waals surface area contributed by atoms with Crippen LogP contribution >= 0.6 is 0 Å². The van der Waals surface area contributed by atoms with Gasteiger partial charge in [0.1, 0.15) is 11.5 Å². The lowest BCUT2D eigenvalue weighted by Gasteiger charge is -2.38. The Morgan fingerprint density at radius 3 is 2.46 bits per heavy atom. The van der Waals surface area contributed by atoms with Crippen molar-refractivity contribution in [2.24, 2.45) is 5.73 Å². The molecule has 10 heteroatoms. The predicted octanol–water partition coefficient (Wildman–Crippen LogP) is 3.43. The van der Waals surface area contributed by atoms with Crippen molar-refractivity contribution in [3.63, 3.8) is 0 Å². The number of nitrogen functional groups attached to an aromatic ring is 1. The molecule has 3 atom stereocenters. The highest BCUT2D eigenvalue weighted by Crippen LogP contribution is 2.50. The summed E-state index contributed by atoms with van der Waals surface area (Å²) in [6, 6.07) is 4.03. The van der Waals surface area contributed by atoms with E-state index in [1.807, 2.05) is 29.4 Å². The molecular formula is C25H27N9O. The smallest absolute Gasteiger partial charge is 0.315 e. The second-order valence-electron chi connectivity index (χ2n) is 10.0. The Morgan fingerprint density at radius 1 is 1.03 bits per heavy atom. The van der Waals surface area contributed by atoms with Crippen molar-refractivity contribution in [1.82, 2.24) is 34.4 Å². The number of hydrogen-bond acceptors (Lipinski definition) is 6. The van der Waals surface area contributed by atoms with Gasteiger partial charge < -0.3 is 21.4 Å². The fourth-order valence-corrected chi connectivity index (χ4v) is 6.21. The first-order valence-corrected chi connectivity index (χ1v) is 12.3. The van der Waals surface area contributed by atoms with Crippen LogP contribution in [0, 0.1) is 0 Å². The second-order valence-corrected chi connectivity index (χ2v) is 10.0. The number of nitrogens with zero attached hydrogens (tertiary/aromatic N) is 6. The van der Waals surface area contributed by atoms with Crippen LogP contribution in [0.25, 0.3) is 28.3 Å². The van der Waals surface area contributed by atoms with E-state index >= 15 is 0 Å². The monoisotopic (exact) mass is 469 g/mol. The second kappa shape index (κ2) is 7.53. The number of H-pyrrole nitrogens is 1. The molecule has 7 rings (SSSR count). The number of piperidine rings is 1. The standard InChI is InChI=1S/C25H27N9O/c26-22-20(13-1-2-13)21(15-9-16-4-5-17(10-15)33(16)25(27)35)32-24-18(12-31-34(22)24)14-3-6-19(30-11-14)23-28-7-8-29-23/h3,6-8,11-13,15-17H,1-2,4-5,9-10,26H2,(H2,27,35)(H,28,29)/t15?,16-,17+. The van der Waals surface area contributed by atoms with Crippen LogP contribution in [0.1, 0.15) is 61.6 Å². The molecule has 35 heavy (non-hydrogen) atoms. The highest BCUT2D eigenvalue weighted by molar-refractivity contribution is 5.79. The highest BCUT2D eigenvalue weighted by Gasteiger charge is 2.45. The zero-order valence-electron chi connectivity index (χ0n) is 19.3. The number of pyridine rings is 1. The minimum Gasteiger partial charge on any atom is -0.383 e. The Kier molecular flexibility index (Phi) is 4.39. The number of nitrogens with one attached hydrogen (secondary N) is 1. The normalized spacial score (nSPS) is 23.8. The largest absolute Gasteiger partial charge is 0.383 e. The third-order valence-corrected chi connectivity index (χ3v) is 7.93. The van der Waals surface area contributed by atoms with Crippen molar-refractivity contribution in [3.8, 4) is 22.6 Å². The van der Waals surface area contributed by atoms with E-state index < -0.39 is 0 Å². The quantitative estimate of drug-likeness (QED) is 0.418. The SMILES string of the molecule is NC(=O)N1[C@@H]2CC[C@H]1CC(c1nc3c(-c4ccc(-c5ncc[nH]5)nc4)cnn3c(N)c1C1CC1)C2. The van der Waals surface area contributed by atoms with Crippen molar-refractivity contribution in [2.45, 2.75) is 62.4 Å². The number of primary amides is 1. The number of carbonyl (C=O) groups is 1. The van der Waals surface area contributed by atoms with Gasteiger partial charge in [0.2, 0.25) is 0 Å². The summed E-state index contributed by atoms with van der Waals surface area (Å²) in [4.78, 5) is 31.1. The Balaban J connectivity index is 1.31. The number of urea groups is 1. The van der Waals surface area contributed by atoms with E-state index in [0.717, 1.165) is 78.1 Å². The summed E-state index contributed by atoms with van der Waals surface area (Å²) in [6.07, 6.45) is 13.2. The van der Waals surface area contributed by atoms with Crippen LogP contribution in [0.5, 0.6) is 0 Å². The molecule has 4 aromatic heterocycles. The van der Waals surface area contributed by atoms with E-state index in [0.29, 0.717) is 11.7 Å². The lowest BCUT2D eigenvalue weighted by atomic mass is 9.85. The number of imidazole rings is 1. The maximum absolute atomic E-state index is 12.0. The molecule has 2 amide bonds. The van der Waals surface area contributed by atoms with Gasteiger partial charge in [-0.05, 0) is 50.5 Å². The minimum atomic E-state index is -0.301. The maximum atomic E-state index is 12.0. The third-order valence-electron chi connectivity index (χ3n) is 7.93. The van der Waals surface area contributed by atoms with E-state index in [4.69, 9.17) is 16.5 Å². The van der Waals surface area contributed by atoms with Gasteiger partial charge >= 0.3 is 6.03 Å². The first kappa shape index (κ1) is 20.4. The fourth-order valence-electron chi connectivity index (χ4n) is 6.21. The van der Waals surface area contributed by atoms with Crippen molar-refractivity contribution in [2.75, 3.05) is 5.73 Å². The molecule has 2 aliphatic heterocycles. The van der Waals surface area contributed by atoms with Gasteiger partial charge in [-0.2, -0.15) is 9.61 Å². The van der Waals surface area contributed by atoms with E-state index in [1.165, 1.54) is 0 Å². The molecule has 2 saturated heterocycles. The number of amides is 2. The number of nitrogens with two attached hydrogens (primary N) is 2. The van der Waals surface area contributed by atoms with Crippen LogP contribution in [0.2, 0.25) is 0 Å². The first-order valence-electron chi connectivity index (χ1n) is 12.3. The molecule has 1 saturated carbocycles. The van der Waals surface area contributed by atoms with Gasteiger partial charge in [-0.3, -0.25) is 4.98 Å². The average molecular weight is 470 g/mol. The molecule has 1 unspecified atom stereocenters. The first-order chi connectivity index (χ1) is 17.1. The number of anilines is 1. The Bertz CT molecular complexity index is 1410. The summed E-state index contributed by atoms with van der Waals surface area (Å²) in [5, 5.41) is 4.61. The van der Waals surface area contributed by atoms with Crippen LogP contribution in [-0.4, -0.2) is 52.6 Å². The Hall–Kier alpha value is -3.95.